The van der Waals surface area contributed by atoms with E-state index in [2.05, 4.69) is 156 Å². The molecule has 2 atom stereocenters. The number of benzene rings is 4. The molecule has 3 aliphatic carbocycles. The molecular weight excluding hydrogens is 787 g/mol. The zero-order valence-corrected chi connectivity index (χ0v) is 39.5. The first-order chi connectivity index (χ1) is 24.0. The van der Waals surface area contributed by atoms with Crippen LogP contribution in [-0.4, -0.2) is 22.1 Å². The molecule has 0 nitrogen and oxygen atoms in total. The maximum atomic E-state index is 8.81. The molecule has 0 saturated heterocycles. The number of hydrogen-bond donors (Lipinski definition) is 0. The first-order valence-electron chi connectivity index (χ1n) is 19.4. The third-order valence-electron chi connectivity index (χ3n) is 12.8. The Morgan fingerprint density at radius 3 is 1.49 bits per heavy atom. The van der Waals surface area contributed by atoms with Gasteiger partial charge in [-0.25, -0.2) is 0 Å². The summed E-state index contributed by atoms with van der Waals surface area (Å²) >= 11 is -4.85. The molecule has 0 radical (unpaired) electrons. The van der Waals surface area contributed by atoms with Crippen molar-refractivity contribution in [2.45, 2.75) is 98.7 Å². The van der Waals surface area contributed by atoms with Gasteiger partial charge in [-0.2, -0.15) is 0 Å². The molecule has 0 aliphatic heterocycles. The Labute approximate surface area is 319 Å². The zero-order chi connectivity index (χ0) is 36.5. The summed E-state index contributed by atoms with van der Waals surface area (Å²) in [5, 5.41) is 3.00. The number of hydrogen-bond acceptors (Lipinski definition) is 0. The van der Waals surface area contributed by atoms with Crippen LogP contribution < -0.4 is 10.4 Å². The summed E-state index contributed by atoms with van der Waals surface area (Å²) in [6.07, 6.45) is 11.5. The van der Waals surface area contributed by atoms with Crippen molar-refractivity contribution in [3.8, 4) is 22.3 Å². The standard InChI is InChI=1S/C24H29Si.C19H21Si.C2H7Si.2ClH.Zr/c1-25(2,3)22-14-12-19(13-15-22)23-11-7-10-20-16-21(17-24(20)23)18-8-5-4-6-9-18;1-14-12-16-6-5-7-18(19(16)13-14)15-8-10-17(11-9-15)20(2,3)4;1-3-2;;;/h7,10-18H,4-6,8-9H2,1-3H3;5-13H,1-4H3;3H,1-2H3;2*1H;/q;;;;;+2/p-2. The third kappa shape index (κ3) is 6.55. The summed E-state index contributed by atoms with van der Waals surface area (Å²) in [5.74, 6) is -1.08. The maximum absolute atomic E-state index is 8.81. The van der Waals surface area contributed by atoms with Crippen molar-refractivity contribution in [3.63, 3.8) is 0 Å². The molecule has 0 bridgehead atoms. The summed E-state index contributed by atoms with van der Waals surface area (Å²) < 4.78 is 0.250. The quantitative estimate of drug-likeness (QED) is 0.155. The van der Waals surface area contributed by atoms with Gasteiger partial charge in [0.25, 0.3) is 0 Å². The summed E-state index contributed by atoms with van der Waals surface area (Å²) in [6.45, 7) is 21.9. The second-order valence-electron chi connectivity index (χ2n) is 18.4. The molecule has 7 rings (SSSR count). The SMILES string of the molecule is CC1=Cc2c(-c3ccc([Si](C)(C)C)cc3)cccc2[CH]1[Zr]([Cl])([Cl])([CH]1C(C2CCCCC2)=Cc2c(-c3ccc([Si](C)(C)C)cc3)cccc21)[SiH](C)C. The molecule has 1 fully saturated rings. The van der Waals surface area contributed by atoms with Gasteiger partial charge in [0.05, 0.1) is 0 Å². The molecule has 0 heterocycles. The van der Waals surface area contributed by atoms with Crippen molar-refractivity contribution in [3.05, 3.63) is 118 Å². The Bertz CT molecular complexity index is 2020. The fourth-order valence-corrected chi connectivity index (χ4v) is 44.0. The van der Waals surface area contributed by atoms with Gasteiger partial charge in [0.2, 0.25) is 0 Å². The number of fused-ring (bicyclic) bond motifs is 2. The molecule has 1 saturated carbocycles. The molecule has 6 heteroatoms. The van der Waals surface area contributed by atoms with Crippen LogP contribution in [0, 0.1) is 5.92 Å². The van der Waals surface area contributed by atoms with E-state index in [0.717, 1.165) is 0 Å². The van der Waals surface area contributed by atoms with E-state index in [4.69, 9.17) is 17.0 Å². The van der Waals surface area contributed by atoms with Gasteiger partial charge in [-0.15, -0.1) is 0 Å². The Hall–Kier alpha value is -1.53. The Morgan fingerprint density at radius 1 is 0.588 bits per heavy atom. The third-order valence-corrected chi connectivity index (χ3v) is 68.9. The summed E-state index contributed by atoms with van der Waals surface area (Å²) in [7, 11) is 14.8. The summed E-state index contributed by atoms with van der Waals surface area (Å²) in [4.78, 5) is 0. The van der Waals surface area contributed by atoms with Crippen LogP contribution in [0.25, 0.3) is 34.4 Å². The second-order valence-corrected chi connectivity index (χ2v) is 71.0. The van der Waals surface area contributed by atoms with Crippen LogP contribution in [0.15, 0.2) is 96.1 Å². The van der Waals surface area contributed by atoms with Crippen LogP contribution in [0.5, 0.6) is 0 Å². The molecule has 0 aromatic heterocycles. The van der Waals surface area contributed by atoms with Crippen LogP contribution in [0.4, 0.5) is 0 Å². The van der Waals surface area contributed by atoms with E-state index in [1.54, 1.807) is 5.57 Å². The number of rotatable bonds is 8. The van der Waals surface area contributed by atoms with Crippen molar-refractivity contribution < 1.29 is 15.6 Å². The molecule has 0 amide bonds. The van der Waals surface area contributed by atoms with Crippen molar-refractivity contribution >= 4 is 61.6 Å². The molecule has 267 valence electrons. The minimum atomic E-state index is -4.85. The van der Waals surface area contributed by atoms with E-state index < -0.39 is 37.6 Å². The van der Waals surface area contributed by atoms with E-state index in [1.165, 1.54) is 92.6 Å². The number of halogens is 2. The normalized spacial score (nSPS) is 20.4. The van der Waals surface area contributed by atoms with Crippen molar-refractivity contribution in [1.29, 1.82) is 0 Å². The fourth-order valence-electron chi connectivity index (χ4n) is 9.75. The zero-order valence-electron chi connectivity index (χ0n) is 32.3. The van der Waals surface area contributed by atoms with E-state index >= 15 is 0 Å². The molecule has 3 aliphatic rings. The van der Waals surface area contributed by atoms with Gasteiger partial charge in [-0.1, -0.05) is 0 Å². The fraction of sp³-hybridized carbons (Fsp3) is 0.378. The summed E-state index contributed by atoms with van der Waals surface area (Å²) in [5.41, 5.74) is 13.7. The van der Waals surface area contributed by atoms with E-state index in [1.807, 2.05) is 0 Å². The first kappa shape index (κ1) is 37.8. The Balaban J connectivity index is 1.40. The first-order valence-corrected chi connectivity index (χ1v) is 42.8. The van der Waals surface area contributed by atoms with Crippen LogP contribution in [0.1, 0.15) is 68.5 Å². The van der Waals surface area contributed by atoms with Crippen LogP contribution >= 0.6 is 17.0 Å². The van der Waals surface area contributed by atoms with Gasteiger partial charge in [0.15, 0.2) is 0 Å². The molecule has 4 aromatic rings. The molecule has 2 unspecified atom stereocenters. The van der Waals surface area contributed by atoms with Gasteiger partial charge in [0.1, 0.15) is 0 Å². The van der Waals surface area contributed by atoms with Gasteiger partial charge in [-0.05, 0) is 0 Å². The van der Waals surface area contributed by atoms with Gasteiger partial charge in [0, 0.05) is 0 Å². The van der Waals surface area contributed by atoms with Crippen LogP contribution in [0.3, 0.4) is 0 Å². The van der Waals surface area contributed by atoms with E-state index in [0.29, 0.717) is 5.92 Å². The predicted molar refractivity (Wildman–Crippen MR) is 234 cm³/mol. The molecule has 0 N–H and O–H groups in total. The average molecular weight is 844 g/mol. The predicted octanol–water partition coefficient (Wildman–Crippen LogP) is 13.3. The molecule has 4 aromatic carbocycles. The molecular formula is C45H57Cl2Si3Zr. The Morgan fingerprint density at radius 2 is 1.04 bits per heavy atom. The monoisotopic (exact) mass is 841 g/mol. The Kier molecular flexibility index (Phi) is 10.1. The van der Waals surface area contributed by atoms with Crippen molar-refractivity contribution in [2.24, 2.45) is 5.92 Å². The van der Waals surface area contributed by atoms with Crippen LogP contribution in [0.2, 0.25) is 52.4 Å². The van der Waals surface area contributed by atoms with E-state index in [9.17, 15) is 0 Å². The summed E-state index contributed by atoms with van der Waals surface area (Å²) in [6, 6.07) is 32.9. The second kappa shape index (κ2) is 13.6. The minimum absolute atomic E-state index is 0.111. The average Bonchev–Trinajstić information content (AvgIpc) is 3.67. The van der Waals surface area contributed by atoms with Gasteiger partial charge in [-0.3, -0.25) is 0 Å². The van der Waals surface area contributed by atoms with E-state index in [-0.39, 0.29) is 7.25 Å². The van der Waals surface area contributed by atoms with Crippen molar-refractivity contribution in [1.82, 2.24) is 0 Å². The number of allylic oxidation sites excluding steroid dienone is 2. The van der Waals surface area contributed by atoms with Crippen LogP contribution in [-0.2, 0) is 15.6 Å². The molecule has 51 heavy (non-hydrogen) atoms. The van der Waals surface area contributed by atoms with Gasteiger partial charge >= 0.3 is 322 Å². The van der Waals surface area contributed by atoms with Crippen molar-refractivity contribution in [2.75, 3.05) is 0 Å². The topological polar surface area (TPSA) is 0 Å². The molecule has 0 spiro atoms. The van der Waals surface area contributed by atoms with Gasteiger partial charge < -0.3 is 0 Å².